The Morgan fingerprint density at radius 1 is 1.00 bits per heavy atom. The van der Waals surface area contributed by atoms with Gasteiger partial charge in [-0.05, 0) is 61.0 Å². The van der Waals surface area contributed by atoms with Crippen molar-refractivity contribution >= 4 is 27.5 Å². The molecule has 4 aromatic rings. The fourth-order valence-electron chi connectivity index (χ4n) is 3.96. The zero-order valence-corrected chi connectivity index (χ0v) is 19.2. The van der Waals surface area contributed by atoms with Crippen LogP contribution in [0.3, 0.4) is 0 Å². The molecule has 0 N–H and O–H groups in total. The Hall–Kier alpha value is -3.45. The summed E-state index contributed by atoms with van der Waals surface area (Å²) in [4.78, 5) is 41.6. The maximum absolute atomic E-state index is 13.5. The van der Waals surface area contributed by atoms with E-state index < -0.39 is 5.69 Å². The average Bonchev–Trinajstić information content (AvgIpc) is 3.25. The van der Waals surface area contributed by atoms with E-state index in [9.17, 15) is 14.4 Å². The summed E-state index contributed by atoms with van der Waals surface area (Å²) in [7, 11) is 0. The standard InChI is InChI=1S/C25H25N3O3S/c1-4-26(15-19-8-6-5-7-9-19)22(29)16-27-21-10-11-32-23(21)24(30)28(25(27)31)20-13-17(2)12-18(3)14-20/h5-14H,4,15-16H2,1-3H3. The van der Waals surface area contributed by atoms with Crippen LogP contribution < -0.4 is 11.2 Å². The summed E-state index contributed by atoms with van der Waals surface area (Å²) in [5.74, 6) is -0.170. The lowest BCUT2D eigenvalue weighted by Gasteiger charge is -2.22. The van der Waals surface area contributed by atoms with Crippen molar-refractivity contribution in [1.82, 2.24) is 14.0 Å². The Kier molecular flexibility index (Phi) is 6.10. The van der Waals surface area contributed by atoms with Gasteiger partial charge in [0.15, 0.2) is 0 Å². The molecule has 7 heteroatoms. The number of hydrogen-bond donors (Lipinski definition) is 0. The van der Waals surface area contributed by atoms with E-state index in [0.29, 0.717) is 29.0 Å². The number of fused-ring (bicyclic) bond motifs is 1. The van der Waals surface area contributed by atoms with E-state index in [1.165, 1.54) is 20.5 Å². The minimum Gasteiger partial charge on any atom is -0.337 e. The number of carbonyl (C=O) groups is 1. The molecule has 2 heterocycles. The number of nitrogens with zero attached hydrogens (tertiary/aromatic N) is 3. The Morgan fingerprint density at radius 2 is 1.69 bits per heavy atom. The lowest BCUT2D eigenvalue weighted by atomic mass is 10.1. The minimum absolute atomic E-state index is 0.127. The van der Waals surface area contributed by atoms with Gasteiger partial charge in [0.2, 0.25) is 5.91 Å². The summed E-state index contributed by atoms with van der Waals surface area (Å²) in [5, 5.41) is 1.78. The third-order valence-corrected chi connectivity index (χ3v) is 6.36. The molecule has 2 aromatic carbocycles. The normalized spacial score (nSPS) is 11.1. The molecular formula is C25H25N3O3S. The van der Waals surface area contributed by atoms with Gasteiger partial charge in [-0.1, -0.05) is 36.4 Å². The van der Waals surface area contributed by atoms with Crippen LogP contribution in [0.2, 0.25) is 0 Å². The highest BCUT2D eigenvalue weighted by atomic mass is 32.1. The molecule has 0 atom stereocenters. The zero-order valence-electron chi connectivity index (χ0n) is 18.4. The first kappa shape index (κ1) is 21.8. The lowest BCUT2D eigenvalue weighted by Crippen LogP contribution is -2.42. The molecule has 0 bridgehead atoms. The fourth-order valence-corrected chi connectivity index (χ4v) is 4.79. The van der Waals surface area contributed by atoms with Crippen LogP contribution in [0.25, 0.3) is 15.9 Å². The smallest absolute Gasteiger partial charge is 0.336 e. The molecule has 0 fully saturated rings. The van der Waals surface area contributed by atoms with Gasteiger partial charge in [0.25, 0.3) is 5.56 Å². The van der Waals surface area contributed by atoms with Crippen molar-refractivity contribution in [3.8, 4) is 5.69 Å². The molecule has 0 radical (unpaired) electrons. The molecule has 164 valence electrons. The maximum atomic E-state index is 13.5. The van der Waals surface area contributed by atoms with E-state index in [2.05, 4.69) is 0 Å². The molecule has 0 saturated carbocycles. The first-order valence-corrected chi connectivity index (χ1v) is 11.4. The highest BCUT2D eigenvalue weighted by molar-refractivity contribution is 7.17. The summed E-state index contributed by atoms with van der Waals surface area (Å²) in [6.07, 6.45) is 0. The van der Waals surface area contributed by atoms with Crippen molar-refractivity contribution in [1.29, 1.82) is 0 Å². The molecule has 0 aliphatic heterocycles. The van der Waals surface area contributed by atoms with E-state index in [-0.39, 0.29) is 18.0 Å². The lowest BCUT2D eigenvalue weighted by molar-refractivity contribution is -0.132. The Labute approximate surface area is 190 Å². The van der Waals surface area contributed by atoms with Gasteiger partial charge in [-0.25, -0.2) is 9.36 Å². The van der Waals surface area contributed by atoms with Gasteiger partial charge in [0.05, 0.1) is 11.2 Å². The fraction of sp³-hybridized carbons (Fsp3) is 0.240. The van der Waals surface area contributed by atoms with Crippen LogP contribution in [-0.2, 0) is 17.9 Å². The van der Waals surface area contributed by atoms with Crippen LogP contribution in [0.4, 0.5) is 0 Å². The molecule has 0 aliphatic carbocycles. The molecule has 0 unspecified atom stereocenters. The third-order valence-electron chi connectivity index (χ3n) is 5.46. The number of likely N-dealkylation sites (N-methyl/N-ethyl adjacent to an activating group) is 1. The highest BCUT2D eigenvalue weighted by Crippen LogP contribution is 2.18. The van der Waals surface area contributed by atoms with Crippen LogP contribution in [0.15, 0.2) is 69.6 Å². The summed E-state index contributed by atoms with van der Waals surface area (Å²) in [5.41, 5.74) is 3.09. The summed E-state index contributed by atoms with van der Waals surface area (Å²) in [6, 6.07) is 17.1. The average molecular weight is 448 g/mol. The zero-order chi connectivity index (χ0) is 22.8. The Bertz CT molecular complexity index is 1380. The first-order chi connectivity index (χ1) is 15.4. The predicted octanol–water partition coefficient (Wildman–Crippen LogP) is 3.88. The number of rotatable bonds is 6. The molecule has 6 nitrogen and oxygen atoms in total. The topological polar surface area (TPSA) is 64.3 Å². The van der Waals surface area contributed by atoms with Crippen molar-refractivity contribution in [2.24, 2.45) is 0 Å². The molecular weight excluding hydrogens is 422 g/mol. The van der Waals surface area contributed by atoms with Gasteiger partial charge in [-0.15, -0.1) is 11.3 Å². The van der Waals surface area contributed by atoms with Crippen LogP contribution in [0, 0.1) is 13.8 Å². The Balaban J connectivity index is 1.79. The molecule has 0 saturated heterocycles. The third kappa shape index (κ3) is 4.16. The predicted molar refractivity (Wildman–Crippen MR) is 129 cm³/mol. The van der Waals surface area contributed by atoms with Crippen LogP contribution >= 0.6 is 11.3 Å². The summed E-state index contributed by atoms with van der Waals surface area (Å²) < 4.78 is 3.06. The van der Waals surface area contributed by atoms with Gasteiger partial charge >= 0.3 is 5.69 Å². The van der Waals surface area contributed by atoms with Crippen molar-refractivity contribution in [3.05, 3.63) is 97.5 Å². The SMILES string of the molecule is CCN(Cc1ccccc1)C(=O)Cn1c(=O)n(-c2cc(C)cc(C)c2)c(=O)c2sccc21. The van der Waals surface area contributed by atoms with Gasteiger partial charge in [0, 0.05) is 13.1 Å². The van der Waals surface area contributed by atoms with Crippen molar-refractivity contribution in [2.45, 2.75) is 33.9 Å². The monoisotopic (exact) mass is 447 g/mol. The van der Waals surface area contributed by atoms with E-state index in [4.69, 9.17) is 0 Å². The van der Waals surface area contributed by atoms with Crippen LogP contribution in [-0.4, -0.2) is 26.5 Å². The number of amides is 1. The Morgan fingerprint density at radius 3 is 2.34 bits per heavy atom. The maximum Gasteiger partial charge on any atom is 0.336 e. The number of aromatic nitrogens is 2. The van der Waals surface area contributed by atoms with Crippen molar-refractivity contribution < 1.29 is 4.79 Å². The molecule has 0 spiro atoms. The van der Waals surface area contributed by atoms with Crippen LogP contribution in [0.5, 0.6) is 0 Å². The highest BCUT2D eigenvalue weighted by Gasteiger charge is 2.20. The van der Waals surface area contributed by atoms with E-state index in [1.54, 1.807) is 16.3 Å². The second kappa shape index (κ2) is 8.96. The van der Waals surface area contributed by atoms with Crippen molar-refractivity contribution in [2.75, 3.05) is 6.54 Å². The molecule has 0 aliphatic rings. The second-order valence-corrected chi connectivity index (χ2v) is 8.80. The molecule has 2 aromatic heterocycles. The second-order valence-electron chi connectivity index (χ2n) is 7.88. The molecule has 32 heavy (non-hydrogen) atoms. The molecule has 1 amide bonds. The number of hydrogen-bond acceptors (Lipinski definition) is 4. The van der Waals surface area contributed by atoms with Gasteiger partial charge in [0.1, 0.15) is 11.2 Å². The van der Waals surface area contributed by atoms with Gasteiger partial charge in [-0.2, -0.15) is 0 Å². The quantitative estimate of drug-likeness (QED) is 0.451. The van der Waals surface area contributed by atoms with Gasteiger partial charge < -0.3 is 4.90 Å². The van der Waals surface area contributed by atoms with E-state index in [1.807, 2.05) is 69.3 Å². The summed E-state index contributed by atoms with van der Waals surface area (Å²) in [6.45, 7) is 6.63. The first-order valence-electron chi connectivity index (χ1n) is 10.5. The van der Waals surface area contributed by atoms with E-state index in [0.717, 1.165) is 16.7 Å². The van der Waals surface area contributed by atoms with E-state index >= 15 is 0 Å². The largest absolute Gasteiger partial charge is 0.337 e. The number of benzene rings is 2. The molecule has 4 rings (SSSR count). The number of thiophene rings is 1. The van der Waals surface area contributed by atoms with Gasteiger partial charge in [-0.3, -0.25) is 14.2 Å². The number of aryl methyl sites for hydroxylation is 2. The summed E-state index contributed by atoms with van der Waals surface area (Å²) >= 11 is 1.28. The van der Waals surface area contributed by atoms with Crippen molar-refractivity contribution in [3.63, 3.8) is 0 Å². The number of carbonyl (C=O) groups excluding carboxylic acids is 1. The van der Waals surface area contributed by atoms with Crippen LogP contribution in [0.1, 0.15) is 23.6 Å². The minimum atomic E-state index is -0.505.